The largest absolute Gasteiger partial charge is 0.335 e. The Hall–Kier alpha value is -2.69. The van der Waals surface area contributed by atoms with Gasteiger partial charge in [0.05, 0.1) is 17.4 Å². The van der Waals surface area contributed by atoms with Crippen LogP contribution in [0.15, 0.2) is 0 Å². The molecule has 25 heavy (non-hydrogen) atoms. The molecular weight excluding hydrogens is 332 g/mol. The van der Waals surface area contributed by atoms with Gasteiger partial charge in [0.25, 0.3) is 0 Å². The molecule has 1 heterocycles. The first kappa shape index (κ1) is 20.4. The van der Waals surface area contributed by atoms with Crippen molar-refractivity contribution in [2.24, 2.45) is 13.0 Å². The van der Waals surface area contributed by atoms with Crippen LogP contribution in [0, 0.1) is 23.0 Å². The molecule has 1 rings (SSSR count). The van der Waals surface area contributed by atoms with Crippen molar-refractivity contribution >= 4 is 23.8 Å². The summed E-state index contributed by atoms with van der Waals surface area (Å²) in [7, 11) is 1.51. The van der Waals surface area contributed by atoms with Crippen molar-refractivity contribution in [2.75, 3.05) is 12.0 Å². The van der Waals surface area contributed by atoms with Crippen LogP contribution in [0.4, 0.5) is 11.5 Å². The highest BCUT2D eigenvalue weighted by Crippen LogP contribution is 2.26. The lowest BCUT2D eigenvalue weighted by Gasteiger charge is -2.19. The molecule has 140 valence electrons. The van der Waals surface area contributed by atoms with Crippen LogP contribution >= 0.6 is 0 Å². The Labute approximate surface area is 145 Å². The Morgan fingerprint density at radius 3 is 2.76 bits per heavy atom. The number of nitrogens with zero attached hydrogens (tertiary/aromatic N) is 4. The third kappa shape index (κ3) is 5.71. The zero-order valence-electron chi connectivity index (χ0n) is 14.6. The lowest BCUT2D eigenvalue weighted by Crippen LogP contribution is -2.40. The summed E-state index contributed by atoms with van der Waals surface area (Å²) in [5.41, 5.74) is 4.89. The highest BCUT2D eigenvalue weighted by molar-refractivity contribution is 5.80. The van der Waals surface area contributed by atoms with Gasteiger partial charge in [-0.05, 0) is 13.3 Å². The minimum absolute atomic E-state index is 0.0411. The van der Waals surface area contributed by atoms with Gasteiger partial charge in [0, 0.05) is 7.05 Å². The van der Waals surface area contributed by atoms with Gasteiger partial charge in [-0.3, -0.25) is 35.8 Å². The second kappa shape index (κ2) is 9.57. The summed E-state index contributed by atoms with van der Waals surface area (Å²) in [4.78, 5) is 33.4. The molecule has 0 bridgehead atoms. The minimum atomic E-state index is -0.650. The van der Waals surface area contributed by atoms with E-state index >= 15 is 0 Å². The van der Waals surface area contributed by atoms with Gasteiger partial charge in [-0.2, -0.15) is 5.10 Å². The van der Waals surface area contributed by atoms with Crippen LogP contribution in [-0.4, -0.2) is 43.8 Å². The molecule has 11 nitrogen and oxygen atoms in total. The van der Waals surface area contributed by atoms with Crippen molar-refractivity contribution in [3.63, 3.8) is 0 Å². The van der Waals surface area contributed by atoms with E-state index in [2.05, 4.69) is 16.0 Å². The Balaban J connectivity index is 2.79. The number of hydroxylamine groups is 2. The second-order valence-corrected chi connectivity index (χ2v) is 5.70. The molecule has 0 saturated heterocycles. The molecule has 0 spiro atoms. The maximum atomic E-state index is 12.3. The predicted octanol–water partition coefficient (Wildman–Crippen LogP) is 1.12. The number of aryl methyl sites for hydroxylation is 2. The number of hydrogen-bond acceptors (Lipinski definition) is 7. The molecule has 0 aliphatic heterocycles. The van der Waals surface area contributed by atoms with E-state index in [1.165, 1.54) is 18.7 Å². The van der Waals surface area contributed by atoms with Crippen LogP contribution < -0.4 is 10.9 Å². The Morgan fingerprint density at radius 2 is 2.20 bits per heavy atom. The Morgan fingerprint density at radius 1 is 1.52 bits per heavy atom. The molecule has 1 aromatic heterocycles. The van der Waals surface area contributed by atoms with Crippen LogP contribution in [0.5, 0.6) is 0 Å². The van der Waals surface area contributed by atoms with Gasteiger partial charge in [0.1, 0.15) is 5.69 Å². The molecule has 1 aromatic rings. The van der Waals surface area contributed by atoms with Crippen molar-refractivity contribution in [1.29, 1.82) is 0 Å². The number of hydrazine groups is 1. The fourth-order valence-corrected chi connectivity index (χ4v) is 2.44. The van der Waals surface area contributed by atoms with Gasteiger partial charge in [-0.15, -0.1) is 0 Å². The molecule has 3 N–H and O–H groups in total. The molecule has 0 saturated carbocycles. The average Bonchev–Trinajstić information content (AvgIpc) is 2.85. The highest BCUT2D eigenvalue weighted by Gasteiger charge is 2.26. The summed E-state index contributed by atoms with van der Waals surface area (Å²) < 4.78 is 1.25. The van der Waals surface area contributed by atoms with Crippen molar-refractivity contribution < 1.29 is 19.7 Å². The van der Waals surface area contributed by atoms with E-state index in [4.69, 9.17) is 0 Å². The number of carbonyl (C=O) groups is 2. The lowest BCUT2D eigenvalue weighted by molar-refractivity contribution is -0.384. The highest BCUT2D eigenvalue weighted by atomic mass is 16.6. The zero-order chi connectivity index (χ0) is 19.0. The summed E-state index contributed by atoms with van der Waals surface area (Å²) in [6.45, 7) is 3.35. The van der Waals surface area contributed by atoms with Gasteiger partial charge in [-0.25, -0.2) is 9.75 Å². The summed E-state index contributed by atoms with van der Waals surface area (Å²) in [5.74, 6) is -1.09. The number of unbranched alkanes of at least 4 members (excludes halogenated alkanes) is 2. The molecule has 11 heteroatoms. The molecule has 0 radical (unpaired) electrons. The Kier molecular flexibility index (Phi) is 7.79. The predicted molar refractivity (Wildman–Crippen MR) is 88.6 cm³/mol. The van der Waals surface area contributed by atoms with Gasteiger partial charge < -0.3 is 0 Å². The number of hydrogen-bond donors (Lipinski definition) is 3. The topological polar surface area (TPSA) is 143 Å². The van der Waals surface area contributed by atoms with E-state index in [0.717, 1.165) is 19.3 Å². The van der Waals surface area contributed by atoms with Crippen LogP contribution in [0.2, 0.25) is 0 Å². The van der Waals surface area contributed by atoms with E-state index in [9.17, 15) is 24.9 Å². The third-order valence-electron chi connectivity index (χ3n) is 3.73. The van der Waals surface area contributed by atoms with Crippen LogP contribution in [0.25, 0.3) is 0 Å². The summed E-state index contributed by atoms with van der Waals surface area (Å²) in [6.07, 6.45) is 3.33. The summed E-state index contributed by atoms with van der Waals surface area (Å²) >= 11 is 0. The first-order valence-electron chi connectivity index (χ1n) is 7.96. The maximum absolute atomic E-state index is 12.3. The monoisotopic (exact) mass is 356 g/mol. The zero-order valence-corrected chi connectivity index (χ0v) is 14.6. The van der Waals surface area contributed by atoms with Crippen LogP contribution in [-0.2, 0) is 16.6 Å². The number of rotatable bonds is 11. The van der Waals surface area contributed by atoms with Crippen molar-refractivity contribution in [2.45, 2.75) is 39.5 Å². The van der Waals surface area contributed by atoms with Crippen molar-refractivity contribution in [3.8, 4) is 0 Å². The van der Waals surface area contributed by atoms with Gasteiger partial charge in [0.15, 0.2) is 0 Å². The normalized spacial score (nSPS) is 11.7. The molecule has 0 aliphatic rings. The molecule has 0 unspecified atom stereocenters. The maximum Gasteiger partial charge on any atom is 0.335 e. The van der Waals surface area contributed by atoms with Gasteiger partial charge >= 0.3 is 5.69 Å². The number of carbonyl (C=O) groups excluding carboxylic acids is 2. The van der Waals surface area contributed by atoms with Gasteiger partial charge in [-0.1, -0.05) is 26.2 Å². The summed E-state index contributed by atoms with van der Waals surface area (Å²) in [5, 5.41) is 24.8. The minimum Gasteiger partial charge on any atom is -0.286 e. The molecule has 0 fully saturated rings. The smallest absolute Gasteiger partial charge is 0.286 e. The molecular formula is C14H24N6O5. The number of nitro groups is 1. The van der Waals surface area contributed by atoms with E-state index in [1.54, 1.807) is 0 Å². The number of nitrogens with one attached hydrogen (secondary N) is 2. The second-order valence-electron chi connectivity index (χ2n) is 5.70. The average molecular weight is 356 g/mol. The first-order chi connectivity index (χ1) is 11.8. The lowest BCUT2D eigenvalue weighted by atomic mass is 10.0. The van der Waals surface area contributed by atoms with Crippen molar-refractivity contribution in [1.82, 2.24) is 20.3 Å². The quantitative estimate of drug-likeness (QED) is 0.177. The Bertz CT molecular complexity index is 617. The molecule has 0 aliphatic carbocycles. The van der Waals surface area contributed by atoms with E-state index in [1.807, 2.05) is 6.92 Å². The van der Waals surface area contributed by atoms with Crippen molar-refractivity contribution in [3.05, 3.63) is 15.8 Å². The van der Waals surface area contributed by atoms with E-state index in [0.29, 0.717) is 11.5 Å². The fourth-order valence-electron chi connectivity index (χ4n) is 2.44. The number of anilines is 1. The number of amides is 2. The van der Waals surface area contributed by atoms with E-state index < -0.39 is 16.7 Å². The van der Waals surface area contributed by atoms with Crippen LogP contribution in [0.3, 0.4) is 0 Å². The summed E-state index contributed by atoms with van der Waals surface area (Å²) in [6, 6.07) is 0. The third-order valence-corrected chi connectivity index (χ3v) is 3.73. The molecule has 0 aromatic carbocycles. The molecule has 1 atom stereocenters. The van der Waals surface area contributed by atoms with Crippen LogP contribution in [0.1, 0.15) is 38.3 Å². The molecule has 2 amide bonds. The number of aromatic nitrogens is 2. The SMILES string of the molecule is CCCCC[C@H](CN(O)C=O)C(=O)NNc1c([N+](=O)[O-])c(C)nn1C. The first-order valence-corrected chi connectivity index (χ1v) is 7.96. The standard InChI is InChI=1S/C14H24N6O5/c1-4-5-6-7-11(8-19(23)9-21)14(22)16-15-13-12(20(24)25)10(2)17-18(13)3/h9,11,15,23H,4-8H2,1-3H3,(H,16,22)/t11-/m1/s1. The van der Waals surface area contributed by atoms with E-state index in [-0.39, 0.29) is 30.2 Å². The van der Waals surface area contributed by atoms with Gasteiger partial charge in [0.2, 0.25) is 18.1 Å². The fraction of sp³-hybridized carbons (Fsp3) is 0.643.